The van der Waals surface area contributed by atoms with Crippen molar-refractivity contribution < 1.29 is 9.59 Å². The Morgan fingerprint density at radius 3 is 2.67 bits per heavy atom. The number of carbonyl (C=O) groups excluding carboxylic acids is 2. The number of fused-ring (bicyclic) bond motifs is 1. The summed E-state index contributed by atoms with van der Waals surface area (Å²) in [7, 11) is 0. The Morgan fingerprint density at radius 1 is 1.14 bits per heavy atom. The van der Waals surface area contributed by atoms with E-state index in [9.17, 15) is 9.59 Å². The molecule has 0 spiro atoms. The summed E-state index contributed by atoms with van der Waals surface area (Å²) in [4.78, 5) is 29.4. The van der Waals surface area contributed by atoms with Gasteiger partial charge in [0, 0.05) is 52.8 Å². The molecule has 1 saturated heterocycles. The molecule has 1 aliphatic heterocycles. The lowest BCUT2D eigenvalue weighted by molar-refractivity contribution is 0.0935. The number of amides is 2. The molecule has 186 valence electrons. The van der Waals surface area contributed by atoms with Gasteiger partial charge >= 0.3 is 0 Å². The minimum absolute atomic E-state index is 0.0379. The fourth-order valence-corrected chi connectivity index (χ4v) is 5.39. The van der Waals surface area contributed by atoms with Gasteiger partial charge in [0.1, 0.15) is 0 Å². The molecule has 2 atom stereocenters. The Labute approximate surface area is 214 Å². The molecule has 5 rings (SSSR count). The molecule has 1 aliphatic rings. The number of nitrogens with zero attached hydrogens (tertiary/aromatic N) is 2. The van der Waals surface area contributed by atoms with E-state index in [1.165, 1.54) is 0 Å². The summed E-state index contributed by atoms with van der Waals surface area (Å²) < 4.78 is 0. The number of benzene rings is 2. The van der Waals surface area contributed by atoms with E-state index in [0.29, 0.717) is 28.4 Å². The van der Waals surface area contributed by atoms with Crippen LogP contribution in [-0.4, -0.2) is 47.7 Å². The van der Waals surface area contributed by atoms with Crippen LogP contribution >= 0.6 is 11.3 Å². The van der Waals surface area contributed by atoms with E-state index in [1.54, 1.807) is 23.5 Å². The first kappa shape index (κ1) is 24.0. The zero-order valence-electron chi connectivity index (χ0n) is 20.4. The van der Waals surface area contributed by atoms with Crippen LogP contribution in [0.25, 0.3) is 10.9 Å². The second-order valence-electron chi connectivity index (χ2n) is 9.08. The molecule has 8 nitrogen and oxygen atoms in total. The zero-order valence-corrected chi connectivity index (χ0v) is 21.2. The van der Waals surface area contributed by atoms with Crippen LogP contribution in [0, 0.1) is 0 Å². The molecule has 4 N–H and O–H groups in total. The molecular formula is C27H30N6O2S. The molecule has 0 saturated carbocycles. The SMILES string of the molecule is CCC(NC(=O)c1ccc2[nH]nc(NC(=O)c3ccc(N4CCNC(C)C4)cc3)c2c1)c1cccs1. The fraction of sp³-hybridized carbons (Fsp3) is 0.296. The van der Waals surface area contributed by atoms with Crippen molar-refractivity contribution in [2.75, 3.05) is 29.9 Å². The molecule has 0 radical (unpaired) electrons. The topological polar surface area (TPSA) is 102 Å². The van der Waals surface area contributed by atoms with Crippen molar-refractivity contribution >= 4 is 45.6 Å². The number of hydrogen-bond acceptors (Lipinski definition) is 6. The Morgan fingerprint density at radius 2 is 1.94 bits per heavy atom. The molecule has 0 aliphatic carbocycles. The standard InChI is InChI=1S/C27H30N6O2S/c1-3-22(24-5-4-14-36-24)29-27(35)19-8-11-23-21(15-19)25(32-31-23)30-26(34)18-6-9-20(10-7-18)33-13-12-28-17(2)16-33/h4-11,14-15,17,22,28H,3,12-13,16H2,1-2H3,(H,29,35)(H2,30,31,32,34). The molecule has 0 bridgehead atoms. The van der Waals surface area contributed by atoms with Gasteiger partial charge in [0.25, 0.3) is 11.8 Å². The Bertz CT molecular complexity index is 1350. The van der Waals surface area contributed by atoms with Crippen LogP contribution in [0.2, 0.25) is 0 Å². The Hall–Kier alpha value is -3.69. The Balaban J connectivity index is 1.29. The van der Waals surface area contributed by atoms with Gasteiger partial charge in [0.2, 0.25) is 0 Å². The number of rotatable bonds is 7. The van der Waals surface area contributed by atoms with Crippen molar-refractivity contribution in [3.05, 3.63) is 76.0 Å². The van der Waals surface area contributed by atoms with Gasteiger partial charge in [-0.3, -0.25) is 14.7 Å². The van der Waals surface area contributed by atoms with Gasteiger partial charge in [-0.1, -0.05) is 13.0 Å². The second-order valence-corrected chi connectivity index (χ2v) is 10.1. The normalized spacial score (nSPS) is 16.6. The number of piperazine rings is 1. The third-order valence-electron chi connectivity index (χ3n) is 6.52. The predicted octanol–water partition coefficient (Wildman–Crippen LogP) is 4.56. The monoisotopic (exact) mass is 502 g/mol. The van der Waals surface area contributed by atoms with E-state index in [0.717, 1.165) is 42.1 Å². The predicted molar refractivity (Wildman–Crippen MR) is 145 cm³/mol. The van der Waals surface area contributed by atoms with Crippen LogP contribution in [0.5, 0.6) is 0 Å². The van der Waals surface area contributed by atoms with E-state index >= 15 is 0 Å². The van der Waals surface area contributed by atoms with Crippen LogP contribution in [0.1, 0.15) is 51.9 Å². The van der Waals surface area contributed by atoms with Crippen LogP contribution < -0.4 is 20.9 Å². The first-order valence-corrected chi connectivity index (χ1v) is 13.1. The van der Waals surface area contributed by atoms with E-state index in [4.69, 9.17) is 0 Å². The summed E-state index contributed by atoms with van der Waals surface area (Å²) in [6.07, 6.45) is 0.800. The number of hydrogen-bond donors (Lipinski definition) is 4. The number of anilines is 2. The van der Waals surface area contributed by atoms with Crippen molar-refractivity contribution in [3.63, 3.8) is 0 Å². The van der Waals surface area contributed by atoms with Crippen molar-refractivity contribution in [3.8, 4) is 0 Å². The Kier molecular flexibility index (Phi) is 7.02. The first-order chi connectivity index (χ1) is 17.5. The molecule has 2 aromatic heterocycles. The van der Waals surface area contributed by atoms with E-state index in [1.807, 2.05) is 54.8 Å². The lowest BCUT2D eigenvalue weighted by atomic mass is 10.1. The molecule has 9 heteroatoms. The first-order valence-electron chi connectivity index (χ1n) is 12.2. The summed E-state index contributed by atoms with van der Waals surface area (Å²) in [6.45, 7) is 7.05. The van der Waals surface area contributed by atoms with Gasteiger partial charge in [-0.25, -0.2) is 0 Å². The molecule has 3 heterocycles. The molecule has 2 aromatic carbocycles. The smallest absolute Gasteiger partial charge is 0.256 e. The van der Waals surface area contributed by atoms with E-state index < -0.39 is 0 Å². The molecule has 2 amide bonds. The highest BCUT2D eigenvalue weighted by Crippen LogP contribution is 2.25. The van der Waals surface area contributed by atoms with Crippen molar-refractivity contribution in [2.45, 2.75) is 32.4 Å². The largest absolute Gasteiger partial charge is 0.369 e. The quantitative estimate of drug-likeness (QED) is 0.297. The van der Waals surface area contributed by atoms with Gasteiger partial charge in [0.15, 0.2) is 5.82 Å². The highest BCUT2D eigenvalue weighted by molar-refractivity contribution is 7.10. The minimum atomic E-state index is -0.248. The van der Waals surface area contributed by atoms with Gasteiger partial charge in [-0.05, 0) is 67.3 Å². The maximum absolute atomic E-state index is 13.0. The van der Waals surface area contributed by atoms with Crippen LogP contribution in [-0.2, 0) is 0 Å². The van der Waals surface area contributed by atoms with Crippen LogP contribution in [0.15, 0.2) is 60.0 Å². The third-order valence-corrected chi connectivity index (χ3v) is 7.51. The van der Waals surface area contributed by atoms with Crippen LogP contribution in [0.4, 0.5) is 11.5 Å². The summed E-state index contributed by atoms with van der Waals surface area (Å²) in [6, 6.07) is 17.4. The summed E-state index contributed by atoms with van der Waals surface area (Å²) >= 11 is 1.63. The van der Waals surface area contributed by atoms with E-state index in [-0.39, 0.29) is 17.9 Å². The van der Waals surface area contributed by atoms with Crippen molar-refractivity contribution in [1.29, 1.82) is 0 Å². The zero-order chi connectivity index (χ0) is 25.1. The molecular weight excluding hydrogens is 472 g/mol. The van der Waals surface area contributed by atoms with Crippen molar-refractivity contribution in [1.82, 2.24) is 20.8 Å². The third kappa shape index (κ3) is 5.12. The fourth-order valence-electron chi connectivity index (χ4n) is 4.53. The summed E-state index contributed by atoms with van der Waals surface area (Å²) in [5.41, 5.74) is 2.92. The van der Waals surface area contributed by atoms with Crippen LogP contribution in [0.3, 0.4) is 0 Å². The maximum Gasteiger partial charge on any atom is 0.256 e. The van der Waals surface area contributed by atoms with Crippen molar-refractivity contribution in [2.24, 2.45) is 0 Å². The number of aromatic amines is 1. The summed E-state index contributed by atoms with van der Waals surface area (Å²) in [5.74, 6) is -0.00868. The number of carbonyl (C=O) groups is 2. The minimum Gasteiger partial charge on any atom is -0.369 e. The second kappa shape index (κ2) is 10.5. The lowest BCUT2D eigenvalue weighted by Gasteiger charge is -2.33. The number of thiophene rings is 1. The molecule has 1 fully saturated rings. The van der Waals surface area contributed by atoms with E-state index in [2.05, 4.69) is 38.0 Å². The molecule has 2 unspecified atom stereocenters. The highest BCUT2D eigenvalue weighted by Gasteiger charge is 2.19. The molecule has 4 aromatic rings. The van der Waals surface area contributed by atoms with Gasteiger partial charge in [-0.15, -0.1) is 11.3 Å². The maximum atomic E-state index is 13.0. The number of H-pyrrole nitrogens is 1. The number of aromatic nitrogens is 2. The number of nitrogens with one attached hydrogen (secondary N) is 4. The highest BCUT2D eigenvalue weighted by atomic mass is 32.1. The average Bonchev–Trinajstić information content (AvgIpc) is 3.57. The lowest BCUT2D eigenvalue weighted by Crippen LogP contribution is -2.49. The summed E-state index contributed by atoms with van der Waals surface area (Å²) in [5, 5.41) is 19.3. The van der Waals surface area contributed by atoms with Gasteiger partial charge < -0.3 is 20.9 Å². The van der Waals surface area contributed by atoms with Gasteiger partial charge in [-0.2, -0.15) is 5.10 Å². The average molecular weight is 503 g/mol. The molecule has 36 heavy (non-hydrogen) atoms. The van der Waals surface area contributed by atoms with Gasteiger partial charge in [0.05, 0.1) is 11.6 Å².